The van der Waals surface area contributed by atoms with E-state index in [1.165, 1.54) is 24.3 Å². The van der Waals surface area contributed by atoms with Gasteiger partial charge in [-0.3, -0.25) is 9.59 Å². The fraction of sp³-hybridized carbons (Fsp3) is 0.182. The maximum Gasteiger partial charge on any atom is 0.337 e. The van der Waals surface area contributed by atoms with E-state index in [2.05, 4.69) is 0 Å². The van der Waals surface area contributed by atoms with Gasteiger partial charge in [0.1, 0.15) is 13.1 Å². The molecular weight excluding hydrogens is 242 g/mol. The van der Waals surface area contributed by atoms with Gasteiger partial charge >= 0.3 is 17.9 Å². The third kappa shape index (κ3) is 3.48. The molecule has 3 N–H and O–H groups in total. The van der Waals surface area contributed by atoms with Gasteiger partial charge in [0.2, 0.25) is 0 Å². The molecule has 0 aliphatic carbocycles. The molecule has 0 aromatic heterocycles. The molecule has 1 rings (SSSR count). The molecule has 18 heavy (non-hydrogen) atoms. The fourth-order valence-corrected chi connectivity index (χ4v) is 1.48. The summed E-state index contributed by atoms with van der Waals surface area (Å²) in [4.78, 5) is 33.3. The fourth-order valence-electron chi connectivity index (χ4n) is 1.48. The van der Waals surface area contributed by atoms with Gasteiger partial charge in [-0.1, -0.05) is 12.1 Å². The van der Waals surface area contributed by atoms with Gasteiger partial charge in [-0.2, -0.15) is 0 Å². The van der Waals surface area contributed by atoms with E-state index in [0.29, 0.717) is 0 Å². The van der Waals surface area contributed by atoms with Crippen LogP contribution in [-0.2, 0) is 9.59 Å². The van der Waals surface area contributed by atoms with Crippen molar-refractivity contribution in [2.45, 2.75) is 0 Å². The molecule has 0 unspecified atom stereocenters. The number of aliphatic carboxylic acids is 2. The van der Waals surface area contributed by atoms with Crippen LogP contribution in [0.1, 0.15) is 10.4 Å². The normalized spacial score (nSPS) is 9.78. The molecule has 0 radical (unpaired) electrons. The highest BCUT2D eigenvalue weighted by atomic mass is 16.4. The maximum absolute atomic E-state index is 11.0. The van der Waals surface area contributed by atoms with Crippen LogP contribution in [0.25, 0.3) is 0 Å². The first-order valence-electron chi connectivity index (χ1n) is 4.92. The van der Waals surface area contributed by atoms with E-state index >= 15 is 0 Å². The molecule has 0 amide bonds. The van der Waals surface area contributed by atoms with E-state index in [4.69, 9.17) is 15.3 Å². The molecular formula is C11H11NO6. The van der Waals surface area contributed by atoms with Crippen molar-refractivity contribution >= 4 is 23.6 Å². The van der Waals surface area contributed by atoms with Gasteiger partial charge in [0.15, 0.2) is 0 Å². The zero-order valence-electron chi connectivity index (χ0n) is 9.24. The number of carboxylic acids is 3. The molecule has 0 saturated heterocycles. The number of nitrogens with zero attached hydrogens (tertiary/aromatic N) is 1. The van der Waals surface area contributed by atoms with E-state index in [1.54, 1.807) is 0 Å². The van der Waals surface area contributed by atoms with Crippen LogP contribution in [0, 0.1) is 0 Å². The first-order chi connectivity index (χ1) is 8.41. The Hall–Kier alpha value is -2.57. The molecule has 96 valence electrons. The predicted molar refractivity (Wildman–Crippen MR) is 60.9 cm³/mol. The van der Waals surface area contributed by atoms with Gasteiger partial charge in [0.05, 0.1) is 11.3 Å². The van der Waals surface area contributed by atoms with Gasteiger partial charge in [-0.25, -0.2) is 4.79 Å². The van der Waals surface area contributed by atoms with Crippen molar-refractivity contribution in [3.63, 3.8) is 0 Å². The van der Waals surface area contributed by atoms with Crippen LogP contribution < -0.4 is 4.90 Å². The second-order valence-electron chi connectivity index (χ2n) is 3.47. The lowest BCUT2D eigenvalue weighted by atomic mass is 10.1. The summed E-state index contributed by atoms with van der Waals surface area (Å²) in [6.07, 6.45) is 0. The van der Waals surface area contributed by atoms with Crippen LogP contribution in [0.5, 0.6) is 0 Å². The Bertz CT molecular complexity index is 468. The average Bonchev–Trinajstić information content (AvgIpc) is 2.26. The molecule has 0 atom stereocenters. The van der Waals surface area contributed by atoms with E-state index in [-0.39, 0.29) is 11.3 Å². The Morgan fingerprint density at radius 1 is 0.944 bits per heavy atom. The average molecular weight is 253 g/mol. The highest BCUT2D eigenvalue weighted by Gasteiger charge is 2.19. The molecule has 0 aliphatic heterocycles. The standard InChI is InChI=1S/C11H11NO6/c13-9(14)5-12(6-10(15)16)8-4-2-1-3-7(8)11(17)18/h1-4H,5-6H2,(H,13,14)(H,15,16)(H,17,18). The molecule has 0 bridgehead atoms. The van der Waals surface area contributed by atoms with Crippen LogP contribution in [-0.4, -0.2) is 46.3 Å². The van der Waals surface area contributed by atoms with Crippen LogP contribution in [0.2, 0.25) is 0 Å². The van der Waals surface area contributed by atoms with Crippen molar-refractivity contribution in [2.24, 2.45) is 0 Å². The molecule has 0 fully saturated rings. The third-order valence-electron chi connectivity index (χ3n) is 2.13. The number of aromatic carboxylic acids is 1. The van der Waals surface area contributed by atoms with E-state index in [1.807, 2.05) is 0 Å². The van der Waals surface area contributed by atoms with Crippen molar-refractivity contribution in [2.75, 3.05) is 18.0 Å². The largest absolute Gasteiger partial charge is 0.480 e. The number of carboxylic acid groups (broad SMARTS) is 3. The quantitative estimate of drug-likeness (QED) is 0.670. The van der Waals surface area contributed by atoms with Crippen LogP contribution in [0.3, 0.4) is 0 Å². The Morgan fingerprint density at radius 3 is 1.89 bits per heavy atom. The van der Waals surface area contributed by atoms with Gasteiger partial charge in [0.25, 0.3) is 0 Å². The highest BCUT2D eigenvalue weighted by Crippen LogP contribution is 2.20. The smallest absolute Gasteiger partial charge is 0.337 e. The Kier molecular flexibility index (Phi) is 4.25. The topological polar surface area (TPSA) is 115 Å². The molecule has 0 heterocycles. The number of carbonyl (C=O) groups is 3. The van der Waals surface area contributed by atoms with Gasteiger partial charge in [0, 0.05) is 0 Å². The molecule has 7 nitrogen and oxygen atoms in total. The Labute approximate surface area is 102 Å². The van der Waals surface area contributed by atoms with Crippen LogP contribution in [0.4, 0.5) is 5.69 Å². The zero-order chi connectivity index (χ0) is 13.7. The highest BCUT2D eigenvalue weighted by molar-refractivity contribution is 5.95. The van der Waals surface area contributed by atoms with Crippen molar-refractivity contribution in [3.05, 3.63) is 29.8 Å². The first kappa shape index (κ1) is 13.5. The Morgan fingerprint density at radius 2 is 1.44 bits per heavy atom. The number of para-hydroxylation sites is 1. The molecule has 1 aromatic rings. The monoisotopic (exact) mass is 253 g/mol. The summed E-state index contributed by atoms with van der Waals surface area (Å²) in [7, 11) is 0. The van der Waals surface area contributed by atoms with E-state index in [9.17, 15) is 14.4 Å². The number of anilines is 1. The minimum atomic E-state index is -1.24. The van der Waals surface area contributed by atoms with Crippen molar-refractivity contribution in [1.82, 2.24) is 0 Å². The maximum atomic E-state index is 11.0. The lowest BCUT2D eigenvalue weighted by molar-refractivity contribution is -0.136. The Balaban J connectivity index is 3.15. The second-order valence-corrected chi connectivity index (χ2v) is 3.47. The first-order valence-corrected chi connectivity index (χ1v) is 4.92. The number of hydrogen-bond donors (Lipinski definition) is 3. The third-order valence-corrected chi connectivity index (χ3v) is 2.13. The van der Waals surface area contributed by atoms with Gasteiger partial charge in [-0.05, 0) is 12.1 Å². The minimum absolute atomic E-state index is 0.0646. The van der Waals surface area contributed by atoms with Gasteiger partial charge in [-0.15, -0.1) is 0 Å². The number of rotatable bonds is 6. The summed E-state index contributed by atoms with van der Waals surface area (Å²) in [5, 5.41) is 26.4. The molecule has 7 heteroatoms. The van der Waals surface area contributed by atoms with Gasteiger partial charge < -0.3 is 20.2 Å². The van der Waals surface area contributed by atoms with Crippen LogP contribution >= 0.6 is 0 Å². The molecule has 0 saturated carbocycles. The summed E-state index contributed by atoms with van der Waals surface area (Å²) in [6.45, 7) is -1.17. The van der Waals surface area contributed by atoms with Crippen molar-refractivity contribution < 1.29 is 29.7 Å². The molecule has 1 aromatic carbocycles. The number of hydrogen-bond acceptors (Lipinski definition) is 4. The summed E-state index contributed by atoms with van der Waals surface area (Å²) < 4.78 is 0. The number of benzene rings is 1. The van der Waals surface area contributed by atoms with E-state index < -0.39 is 31.0 Å². The summed E-state index contributed by atoms with van der Waals surface area (Å²) >= 11 is 0. The molecule has 0 spiro atoms. The summed E-state index contributed by atoms with van der Waals surface area (Å²) in [6, 6.07) is 5.65. The van der Waals surface area contributed by atoms with Crippen molar-refractivity contribution in [1.29, 1.82) is 0 Å². The lowest BCUT2D eigenvalue weighted by Crippen LogP contribution is -2.35. The lowest BCUT2D eigenvalue weighted by Gasteiger charge is -2.22. The van der Waals surface area contributed by atoms with Crippen molar-refractivity contribution in [3.8, 4) is 0 Å². The zero-order valence-corrected chi connectivity index (χ0v) is 9.24. The summed E-state index contributed by atoms with van der Waals surface area (Å²) in [5.41, 5.74) is -0.0743. The summed E-state index contributed by atoms with van der Waals surface area (Å²) in [5.74, 6) is -3.72. The molecule has 0 aliphatic rings. The second kappa shape index (κ2) is 5.67. The SMILES string of the molecule is O=C(O)CN(CC(=O)O)c1ccccc1C(=O)O. The predicted octanol–water partition coefficient (Wildman–Crippen LogP) is 0.360. The van der Waals surface area contributed by atoms with Crippen LogP contribution in [0.15, 0.2) is 24.3 Å². The minimum Gasteiger partial charge on any atom is -0.480 e. The van der Waals surface area contributed by atoms with E-state index in [0.717, 1.165) is 4.90 Å².